The summed E-state index contributed by atoms with van der Waals surface area (Å²) in [7, 11) is 0. The highest BCUT2D eigenvalue weighted by Gasteiger charge is 2.18. The molecule has 0 radical (unpaired) electrons. The quantitative estimate of drug-likeness (QED) is 0.722. The van der Waals surface area contributed by atoms with E-state index in [4.69, 9.17) is 5.73 Å². The minimum atomic E-state index is -0.317. The van der Waals surface area contributed by atoms with Crippen molar-refractivity contribution in [1.29, 1.82) is 0 Å². The Kier molecular flexibility index (Phi) is 5.87. The van der Waals surface area contributed by atoms with Crippen molar-refractivity contribution < 1.29 is 9.90 Å². The molecule has 0 saturated carbocycles. The van der Waals surface area contributed by atoms with Crippen molar-refractivity contribution in [1.82, 2.24) is 10.3 Å². The second-order valence-electron chi connectivity index (χ2n) is 6.28. The van der Waals surface area contributed by atoms with E-state index in [0.29, 0.717) is 13.1 Å². The Morgan fingerprint density at radius 3 is 2.83 bits per heavy atom. The molecule has 4 N–H and O–H groups in total. The lowest BCUT2D eigenvalue weighted by Crippen LogP contribution is -2.36. The van der Waals surface area contributed by atoms with Gasteiger partial charge in [-0.3, -0.25) is 4.79 Å². The van der Waals surface area contributed by atoms with Crippen LogP contribution in [0.4, 0.5) is 0 Å². The number of aliphatic hydroxyl groups excluding tert-OH is 1. The SMILES string of the molecule is CC(C)(CO)CNC(=O)Cc1csc(-c2ccccc2CN)n1. The van der Waals surface area contributed by atoms with Gasteiger partial charge >= 0.3 is 0 Å². The minimum absolute atomic E-state index is 0.0317. The van der Waals surface area contributed by atoms with Gasteiger partial charge in [-0.1, -0.05) is 38.1 Å². The lowest BCUT2D eigenvalue weighted by Gasteiger charge is -2.21. The summed E-state index contributed by atoms with van der Waals surface area (Å²) in [5.41, 5.74) is 8.26. The van der Waals surface area contributed by atoms with E-state index in [1.807, 2.05) is 43.5 Å². The van der Waals surface area contributed by atoms with Crippen molar-refractivity contribution in [2.75, 3.05) is 13.2 Å². The predicted molar refractivity (Wildman–Crippen MR) is 93.0 cm³/mol. The number of aromatic nitrogens is 1. The van der Waals surface area contributed by atoms with Crippen molar-refractivity contribution in [2.24, 2.45) is 11.1 Å². The molecule has 0 bridgehead atoms. The lowest BCUT2D eigenvalue weighted by molar-refractivity contribution is -0.121. The van der Waals surface area contributed by atoms with E-state index in [2.05, 4.69) is 10.3 Å². The molecule has 0 spiro atoms. The fourth-order valence-electron chi connectivity index (χ4n) is 2.04. The molecular formula is C17H23N3O2S. The van der Waals surface area contributed by atoms with Crippen LogP contribution in [0, 0.1) is 5.41 Å². The molecule has 1 aromatic heterocycles. The van der Waals surface area contributed by atoms with Gasteiger partial charge < -0.3 is 16.2 Å². The Balaban J connectivity index is 2.01. The summed E-state index contributed by atoms with van der Waals surface area (Å²) in [4.78, 5) is 16.5. The number of hydrogen-bond donors (Lipinski definition) is 3. The number of rotatable bonds is 7. The summed E-state index contributed by atoms with van der Waals surface area (Å²) in [5.74, 6) is -0.0875. The average Bonchev–Trinajstić information content (AvgIpc) is 3.01. The van der Waals surface area contributed by atoms with Gasteiger partial charge in [0.05, 0.1) is 12.1 Å². The molecule has 1 heterocycles. The number of thiazole rings is 1. The zero-order valence-electron chi connectivity index (χ0n) is 13.5. The molecule has 0 aliphatic heterocycles. The Morgan fingerprint density at radius 2 is 2.13 bits per heavy atom. The molecule has 0 aliphatic rings. The standard InChI is InChI=1S/C17H23N3O2S/c1-17(2,11-21)10-19-15(22)7-13-9-23-16(20-13)14-6-4-3-5-12(14)8-18/h3-6,9,21H,7-8,10-11,18H2,1-2H3,(H,19,22). The van der Waals surface area contributed by atoms with Crippen LogP contribution < -0.4 is 11.1 Å². The molecule has 124 valence electrons. The molecule has 0 atom stereocenters. The largest absolute Gasteiger partial charge is 0.396 e. The normalized spacial score (nSPS) is 11.5. The molecule has 6 heteroatoms. The summed E-state index contributed by atoms with van der Waals surface area (Å²) in [6.45, 7) is 4.73. The number of carbonyl (C=O) groups excluding carboxylic acids is 1. The number of nitrogens with zero attached hydrogens (tertiary/aromatic N) is 1. The average molecular weight is 333 g/mol. The first-order chi connectivity index (χ1) is 10.9. The number of carbonyl (C=O) groups is 1. The Hall–Kier alpha value is -1.76. The number of aliphatic hydroxyl groups is 1. The molecule has 1 aromatic carbocycles. The van der Waals surface area contributed by atoms with Gasteiger partial charge in [0.25, 0.3) is 0 Å². The van der Waals surface area contributed by atoms with Crippen molar-refractivity contribution in [3.05, 3.63) is 40.9 Å². The third-order valence-corrected chi connectivity index (χ3v) is 4.48. The summed E-state index contributed by atoms with van der Waals surface area (Å²) in [5, 5.41) is 14.8. The van der Waals surface area contributed by atoms with Crippen LogP contribution in [0.25, 0.3) is 10.6 Å². The number of benzene rings is 1. The molecule has 0 aliphatic carbocycles. The van der Waals surface area contributed by atoms with Crippen LogP contribution in [0.1, 0.15) is 25.1 Å². The topological polar surface area (TPSA) is 88.2 Å². The highest BCUT2D eigenvalue weighted by atomic mass is 32.1. The molecule has 0 fully saturated rings. The van der Waals surface area contributed by atoms with Gasteiger partial charge in [0.2, 0.25) is 5.91 Å². The van der Waals surface area contributed by atoms with Gasteiger partial charge in [-0.2, -0.15) is 0 Å². The summed E-state index contributed by atoms with van der Waals surface area (Å²) >= 11 is 1.52. The molecule has 2 aromatic rings. The van der Waals surface area contributed by atoms with Gasteiger partial charge in [-0.25, -0.2) is 4.98 Å². The maximum absolute atomic E-state index is 12.0. The van der Waals surface area contributed by atoms with E-state index in [0.717, 1.165) is 21.8 Å². The summed E-state index contributed by atoms with van der Waals surface area (Å²) in [6, 6.07) is 7.89. The lowest BCUT2D eigenvalue weighted by atomic mass is 9.95. The number of nitrogens with two attached hydrogens (primary N) is 1. The zero-order valence-corrected chi connectivity index (χ0v) is 14.3. The maximum atomic E-state index is 12.0. The maximum Gasteiger partial charge on any atom is 0.226 e. The van der Waals surface area contributed by atoms with Crippen LogP contribution in [0.3, 0.4) is 0 Å². The van der Waals surface area contributed by atoms with Crippen LogP contribution >= 0.6 is 11.3 Å². The smallest absolute Gasteiger partial charge is 0.226 e. The summed E-state index contributed by atoms with van der Waals surface area (Å²) in [6.07, 6.45) is 0.239. The molecule has 0 unspecified atom stereocenters. The van der Waals surface area contributed by atoms with Gasteiger partial charge in [0.15, 0.2) is 0 Å². The van der Waals surface area contributed by atoms with E-state index in [9.17, 15) is 9.90 Å². The predicted octanol–water partition coefficient (Wildman–Crippen LogP) is 1.95. The van der Waals surface area contributed by atoms with Gasteiger partial charge in [-0.15, -0.1) is 11.3 Å². The first-order valence-corrected chi connectivity index (χ1v) is 8.43. The van der Waals surface area contributed by atoms with E-state index in [-0.39, 0.29) is 24.3 Å². The molecular weight excluding hydrogens is 310 g/mol. The third-order valence-electron chi connectivity index (χ3n) is 3.55. The Labute approximate surface area is 140 Å². The van der Waals surface area contributed by atoms with Crippen LogP contribution in [0.5, 0.6) is 0 Å². The monoisotopic (exact) mass is 333 g/mol. The second kappa shape index (κ2) is 7.68. The molecule has 5 nitrogen and oxygen atoms in total. The van der Waals surface area contributed by atoms with Gasteiger partial charge in [-0.05, 0) is 5.56 Å². The summed E-state index contributed by atoms with van der Waals surface area (Å²) < 4.78 is 0. The zero-order chi connectivity index (χ0) is 16.9. The highest BCUT2D eigenvalue weighted by Crippen LogP contribution is 2.27. The molecule has 1 amide bonds. The first-order valence-electron chi connectivity index (χ1n) is 7.55. The van der Waals surface area contributed by atoms with Crippen molar-refractivity contribution in [3.63, 3.8) is 0 Å². The first kappa shape index (κ1) is 17.6. The highest BCUT2D eigenvalue weighted by molar-refractivity contribution is 7.13. The third kappa shape index (κ3) is 4.86. The van der Waals surface area contributed by atoms with E-state index >= 15 is 0 Å². The Bertz CT molecular complexity index is 667. The van der Waals surface area contributed by atoms with Crippen molar-refractivity contribution >= 4 is 17.2 Å². The van der Waals surface area contributed by atoms with Crippen LogP contribution in [-0.2, 0) is 17.8 Å². The second-order valence-corrected chi connectivity index (χ2v) is 7.14. The number of nitrogens with one attached hydrogen (secondary N) is 1. The van der Waals surface area contributed by atoms with Gasteiger partial charge in [0, 0.05) is 36.1 Å². The van der Waals surface area contributed by atoms with Crippen molar-refractivity contribution in [3.8, 4) is 10.6 Å². The van der Waals surface area contributed by atoms with E-state index in [1.165, 1.54) is 11.3 Å². The minimum Gasteiger partial charge on any atom is -0.396 e. The van der Waals surface area contributed by atoms with Crippen LogP contribution in [-0.4, -0.2) is 29.1 Å². The van der Waals surface area contributed by atoms with Gasteiger partial charge in [0.1, 0.15) is 5.01 Å². The molecule has 23 heavy (non-hydrogen) atoms. The molecule has 0 saturated heterocycles. The fourth-order valence-corrected chi connectivity index (χ4v) is 2.92. The van der Waals surface area contributed by atoms with E-state index in [1.54, 1.807) is 0 Å². The Morgan fingerprint density at radius 1 is 1.39 bits per heavy atom. The number of amides is 1. The van der Waals surface area contributed by atoms with E-state index < -0.39 is 0 Å². The van der Waals surface area contributed by atoms with Crippen molar-refractivity contribution in [2.45, 2.75) is 26.8 Å². The fraction of sp³-hybridized carbons (Fsp3) is 0.412. The molecule has 2 rings (SSSR count). The van der Waals surface area contributed by atoms with Crippen LogP contribution in [0.2, 0.25) is 0 Å². The number of hydrogen-bond acceptors (Lipinski definition) is 5. The van der Waals surface area contributed by atoms with Crippen LogP contribution in [0.15, 0.2) is 29.6 Å².